The van der Waals surface area contributed by atoms with E-state index in [1.807, 2.05) is 22.7 Å². The molecule has 2 aromatic heterocycles. The molecule has 62 heavy (non-hydrogen) atoms. The Balaban J connectivity index is 1.08. The lowest BCUT2D eigenvalue weighted by Gasteiger charge is -2.43. The van der Waals surface area contributed by atoms with Gasteiger partial charge in [0.05, 0.1) is 32.1 Å². The second-order valence-electron chi connectivity index (χ2n) is 16.5. The number of fused-ring (bicyclic) bond motifs is 8. The van der Waals surface area contributed by atoms with Crippen LogP contribution >= 0.6 is 22.7 Å². The van der Waals surface area contributed by atoms with E-state index >= 15 is 0 Å². The van der Waals surface area contributed by atoms with Gasteiger partial charge in [0.2, 0.25) is 0 Å². The van der Waals surface area contributed by atoms with Crippen molar-refractivity contribution in [1.82, 2.24) is 0 Å². The molecular formula is C57H41N3S2. The Bertz CT molecular complexity index is 3250. The van der Waals surface area contributed by atoms with Gasteiger partial charge in [-0.15, -0.1) is 22.7 Å². The van der Waals surface area contributed by atoms with Crippen LogP contribution in [0.4, 0.5) is 51.2 Å². The molecule has 0 saturated carbocycles. The molecule has 0 amide bonds. The largest absolute Gasteiger partial charge is 0.310 e. The molecule has 296 valence electrons. The summed E-state index contributed by atoms with van der Waals surface area (Å²) < 4.78 is 5.15. The van der Waals surface area contributed by atoms with Gasteiger partial charge in [0.25, 0.3) is 0 Å². The Morgan fingerprint density at radius 2 is 0.774 bits per heavy atom. The van der Waals surface area contributed by atoms with Gasteiger partial charge in [-0.25, -0.2) is 0 Å². The highest BCUT2D eigenvalue weighted by Gasteiger charge is 2.38. The zero-order valence-corrected chi connectivity index (χ0v) is 36.0. The van der Waals surface area contributed by atoms with Gasteiger partial charge in [0, 0.05) is 64.8 Å². The van der Waals surface area contributed by atoms with Gasteiger partial charge < -0.3 is 14.7 Å². The lowest BCUT2D eigenvalue weighted by atomic mass is 9.73. The van der Waals surface area contributed by atoms with Crippen LogP contribution < -0.4 is 14.7 Å². The van der Waals surface area contributed by atoms with Gasteiger partial charge in [-0.2, -0.15) is 0 Å². The minimum Gasteiger partial charge on any atom is -0.310 e. The fraction of sp³-hybridized carbons (Fsp3) is 0.0526. The van der Waals surface area contributed by atoms with Crippen LogP contribution in [0.1, 0.15) is 25.0 Å². The first-order valence-corrected chi connectivity index (χ1v) is 22.8. The van der Waals surface area contributed by atoms with Crippen LogP contribution in [-0.2, 0) is 5.41 Å². The monoisotopic (exact) mass is 831 g/mol. The Morgan fingerprint density at radius 3 is 1.24 bits per heavy atom. The topological polar surface area (TPSA) is 9.72 Å². The van der Waals surface area contributed by atoms with Crippen molar-refractivity contribution in [2.75, 3.05) is 14.7 Å². The molecule has 12 rings (SSSR count). The summed E-state index contributed by atoms with van der Waals surface area (Å²) in [5.41, 5.74) is 12.6. The summed E-state index contributed by atoms with van der Waals surface area (Å²) in [5, 5.41) is 5.16. The number of anilines is 9. The predicted molar refractivity (Wildman–Crippen MR) is 268 cm³/mol. The Kier molecular flexibility index (Phi) is 8.56. The van der Waals surface area contributed by atoms with E-state index in [4.69, 9.17) is 0 Å². The van der Waals surface area contributed by atoms with Crippen LogP contribution in [0.3, 0.4) is 0 Å². The van der Waals surface area contributed by atoms with E-state index in [0.29, 0.717) is 0 Å². The third kappa shape index (κ3) is 5.77. The number of rotatable bonds is 7. The number of nitrogens with zero attached hydrogens (tertiary/aromatic N) is 3. The van der Waals surface area contributed by atoms with Gasteiger partial charge in [0.1, 0.15) is 0 Å². The van der Waals surface area contributed by atoms with E-state index in [2.05, 4.69) is 241 Å². The molecule has 0 aliphatic carbocycles. The van der Waals surface area contributed by atoms with Crippen LogP contribution in [0, 0.1) is 0 Å². The second kappa shape index (κ2) is 14.5. The number of hydrogen-bond acceptors (Lipinski definition) is 5. The second-order valence-corrected chi connectivity index (χ2v) is 18.6. The van der Waals surface area contributed by atoms with Crippen LogP contribution in [0.25, 0.3) is 40.3 Å². The molecule has 3 heterocycles. The summed E-state index contributed by atoms with van der Waals surface area (Å²) in [5.74, 6) is 0. The normalized spacial score (nSPS) is 13.1. The fourth-order valence-corrected chi connectivity index (χ4v) is 12.1. The van der Waals surface area contributed by atoms with E-state index in [1.165, 1.54) is 74.2 Å². The Labute approximate surface area is 369 Å². The van der Waals surface area contributed by atoms with Crippen molar-refractivity contribution in [2.24, 2.45) is 0 Å². The van der Waals surface area contributed by atoms with Crippen molar-refractivity contribution in [3.63, 3.8) is 0 Å². The zero-order valence-electron chi connectivity index (χ0n) is 34.4. The molecule has 0 unspecified atom stereocenters. The molecule has 3 nitrogen and oxygen atoms in total. The minimum absolute atomic E-state index is 0.293. The van der Waals surface area contributed by atoms with E-state index in [0.717, 1.165) is 28.4 Å². The quantitative estimate of drug-likeness (QED) is 0.158. The Hall–Kier alpha value is -7.18. The van der Waals surface area contributed by atoms with E-state index in [9.17, 15) is 0 Å². The van der Waals surface area contributed by atoms with Gasteiger partial charge >= 0.3 is 0 Å². The first-order valence-electron chi connectivity index (χ1n) is 21.2. The molecule has 0 saturated heterocycles. The number of hydrogen-bond donors (Lipinski definition) is 0. The summed E-state index contributed by atoms with van der Waals surface area (Å²) in [6.07, 6.45) is 0. The third-order valence-corrected chi connectivity index (χ3v) is 15.0. The van der Waals surface area contributed by atoms with Crippen molar-refractivity contribution in [3.8, 4) is 0 Å². The number of thiophene rings is 2. The van der Waals surface area contributed by atoms with Crippen LogP contribution in [0.5, 0.6) is 0 Å². The van der Waals surface area contributed by atoms with Crippen LogP contribution in [0.15, 0.2) is 212 Å². The lowest BCUT2D eigenvalue weighted by Crippen LogP contribution is -2.31. The van der Waals surface area contributed by atoms with Gasteiger partial charge in [-0.05, 0) is 96.1 Å². The van der Waals surface area contributed by atoms with Gasteiger partial charge in [-0.1, -0.05) is 141 Å². The maximum Gasteiger partial charge on any atom is 0.0640 e. The first kappa shape index (κ1) is 36.7. The fourth-order valence-electron chi connectivity index (χ4n) is 9.70. The molecular weight excluding hydrogens is 791 g/mol. The van der Waals surface area contributed by atoms with Crippen molar-refractivity contribution >= 4 is 114 Å². The SMILES string of the molecule is CC1(C)c2ccc(N(c3ccccc3)c3cccc4c3sc3ccccc34)cc2N(c2ccccc2)c2cc(N(c3ccccc3)c3cccc4c3sc3ccccc34)ccc21. The summed E-state index contributed by atoms with van der Waals surface area (Å²) in [4.78, 5) is 7.39. The molecule has 11 aromatic rings. The van der Waals surface area contributed by atoms with Crippen molar-refractivity contribution in [1.29, 1.82) is 0 Å². The van der Waals surface area contributed by atoms with Gasteiger partial charge in [0.15, 0.2) is 0 Å². The average molecular weight is 832 g/mol. The molecule has 1 aliphatic rings. The maximum absolute atomic E-state index is 2.50. The highest BCUT2D eigenvalue weighted by Crippen LogP contribution is 2.56. The summed E-state index contributed by atoms with van der Waals surface area (Å²) in [6.45, 7) is 4.76. The lowest BCUT2D eigenvalue weighted by molar-refractivity contribution is 0.632. The van der Waals surface area contributed by atoms with Crippen LogP contribution in [-0.4, -0.2) is 0 Å². The van der Waals surface area contributed by atoms with Crippen molar-refractivity contribution in [2.45, 2.75) is 19.3 Å². The third-order valence-electron chi connectivity index (χ3n) is 12.6. The van der Waals surface area contributed by atoms with E-state index < -0.39 is 0 Å². The average Bonchev–Trinajstić information content (AvgIpc) is 3.90. The first-order chi connectivity index (χ1) is 30.5. The summed E-state index contributed by atoms with van der Waals surface area (Å²) in [6, 6.07) is 77.8. The number of benzene rings is 9. The van der Waals surface area contributed by atoms with Crippen molar-refractivity contribution in [3.05, 3.63) is 223 Å². The minimum atomic E-state index is -0.293. The van der Waals surface area contributed by atoms with Crippen molar-refractivity contribution < 1.29 is 0 Å². The predicted octanol–water partition coefficient (Wildman–Crippen LogP) is 17.5. The molecule has 0 radical (unpaired) electrons. The molecule has 0 N–H and O–H groups in total. The molecule has 0 bridgehead atoms. The molecule has 5 heteroatoms. The molecule has 0 atom stereocenters. The standard InChI is InChI=1S/C57H41N3S2/c1-57(2)47-34-32-41(58(38-18-6-3-7-19-38)49-28-16-26-45-43-24-12-14-30-53(43)61-55(45)49)36-51(47)60(40-22-10-5-11-23-40)52-37-42(33-35-48(52)57)59(39-20-8-4-9-21-39)50-29-17-27-46-44-25-13-15-31-54(44)62-56(46)50/h3-37H,1-2H3. The van der Waals surface area contributed by atoms with E-state index in [-0.39, 0.29) is 5.41 Å². The number of para-hydroxylation sites is 3. The van der Waals surface area contributed by atoms with Gasteiger partial charge in [-0.3, -0.25) is 0 Å². The highest BCUT2D eigenvalue weighted by atomic mass is 32.1. The van der Waals surface area contributed by atoms with E-state index in [1.54, 1.807) is 0 Å². The molecule has 9 aromatic carbocycles. The zero-order chi connectivity index (χ0) is 41.4. The highest BCUT2D eigenvalue weighted by molar-refractivity contribution is 7.26. The smallest absolute Gasteiger partial charge is 0.0640 e. The molecule has 1 aliphatic heterocycles. The van der Waals surface area contributed by atoms with Crippen LogP contribution in [0.2, 0.25) is 0 Å². The Morgan fingerprint density at radius 1 is 0.371 bits per heavy atom. The summed E-state index contributed by atoms with van der Waals surface area (Å²) >= 11 is 3.74. The maximum atomic E-state index is 2.50. The molecule has 0 spiro atoms. The summed E-state index contributed by atoms with van der Waals surface area (Å²) in [7, 11) is 0. The molecule has 0 fully saturated rings.